The average molecular weight is 1500 g/mol. The zero-order valence-corrected chi connectivity index (χ0v) is 63.2. The Morgan fingerprint density at radius 1 is 0.143 bits per heavy atom. The van der Waals surface area contributed by atoms with Gasteiger partial charge in [-0.3, -0.25) is 4.98 Å². The number of nitrogens with zero attached hydrogens (tertiary/aromatic N) is 7. The van der Waals surface area contributed by atoms with Crippen LogP contribution in [0.4, 0.5) is 0 Å². The zero-order valence-electron chi connectivity index (χ0n) is 60.0. The maximum atomic E-state index is 5.34. The maximum Gasteiger partial charge on any atom is 0.160 e. The molecule has 0 saturated heterocycles. The van der Waals surface area contributed by atoms with E-state index in [2.05, 4.69) is 318 Å². The van der Waals surface area contributed by atoms with E-state index in [1.54, 1.807) is 12.4 Å². The van der Waals surface area contributed by atoms with Crippen molar-refractivity contribution in [2.24, 2.45) is 0 Å². The van der Waals surface area contributed by atoms with Crippen LogP contribution >= 0.6 is 45.3 Å². The topological polar surface area (TPSA) is 90.2 Å². The Bertz CT molecular complexity index is 6690. The summed E-state index contributed by atoms with van der Waals surface area (Å²) in [4.78, 5) is 34.9. The zero-order chi connectivity index (χ0) is 74.0. The number of hydrogen-bond acceptors (Lipinski definition) is 11. The molecule has 7 nitrogen and oxygen atoms in total. The average Bonchev–Trinajstić information content (AvgIpc) is 1.63. The van der Waals surface area contributed by atoms with E-state index in [9.17, 15) is 0 Å². The molecular formula is C101H61N7S4. The summed E-state index contributed by atoms with van der Waals surface area (Å²) in [6.45, 7) is 0. The summed E-state index contributed by atoms with van der Waals surface area (Å²) in [5, 5.41) is 10.2. The number of pyridine rings is 1. The van der Waals surface area contributed by atoms with Crippen LogP contribution in [0, 0.1) is 0 Å². The summed E-state index contributed by atoms with van der Waals surface area (Å²) >= 11 is 7.37. The van der Waals surface area contributed by atoms with Crippen LogP contribution in [0.2, 0.25) is 0 Å². The van der Waals surface area contributed by atoms with Gasteiger partial charge in [0.1, 0.15) is 0 Å². The lowest BCUT2D eigenvalue weighted by molar-refractivity contribution is 1.17. The van der Waals surface area contributed by atoms with Crippen LogP contribution in [-0.4, -0.2) is 34.9 Å². The van der Waals surface area contributed by atoms with Gasteiger partial charge >= 0.3 is 0 Å². The van der Waals surface area contributed by atoms with Crippen molar-refractivity contribution in [2.45, 2.75) is 0 Å². The number of benzene rings is 14. The molecule has 8 heterocycles. The van der Waals surface area contributed by atoms with Gasteiger partial charge in [0.25, 0.3) is 0 Å². The molecule has 0 aliphatic rings. The molecule has 22 rings (SSSR count). The Morgan fingerprint density at radius 3 is 0.804 bits per heavy atom. The molecule has 0 spiro atoms. The molecular weight excluding hydrogens is 1440 g/mol. The normalized spacial score (nSPS) is 11.6. The lowest BCUT2D eigenvalue weighted by Crippen LogP contribution is -1.97. The molecule has 524 valence electrons. The van der Waals surface area contributed by atoms with Gasteiger partial charge in [0.05, 0.1) is 28.5 Å². The van der Waals surface area contributed by atoms with Crippen molar-refractivity contribution < 1.29 is 0 Å². The van der Waals surface area contributed by atoms with Crippen LogP contribution in [0.1, 0.15) is 0 Å². The van der Waals surface area contributed by atoms with E-state index in [1.165, 1.54) is 80.7 Å². The first-order valence-corrected chi connectivity index (χ1v) is 40.4. The van der Waals surface area contributed by atoms with Crippen molar-refractivity contribution in [3.63, 3.8) is 0 Å². The smallest absolute Gasteiger partial charge is 0.160 e. The van der Waals surface area contributed by atoms with E-state index in [0.29, 0.717) is 17.5 Å². The first-order valence-electron chi connectivity index (χ1n) is 37.2. The molecule has 11 heteroatoms. The van der Waals surface area contributed by atoms with Crippen LogP contribution in [0.5, 0.6) is 0 Å². The van der Waals surface area contributed by atoms with Crippen LogP contribution in [0.15, 0.2) is 370 Å². The summed E-state index contributed by atoms with van der Waals surface area (Å²) < 4.78 is 10.3. The number of fused-ring (bicyclic) bond motifs is 12. The van der Waals surface area contributed by atoms with E-state index >= 15 is 0 Å². The molecule has 0 radical (unpaired) electrons. The molecule has 0 N–H and O–H groups in total. The van der Waals surface area contributed by atoms with Crippen LogP contribution in [0.25, 0.3) is 216 Å². The van der Waals surface area contributed by atoms with Gasteiger partial charge < -0.3 is 0 Å². The minimum Gasteiger partial charge on any atom is -0.256 e. The number of thiophene rings is 4. The van der Waals surface area contributed by atoms with Gasteiger partial charge in [0.2, 0.25) is 0 Å². The summed E-state index contributed by atoms with van der Waals surface area (Å²) in [7, 11) is 0. The van der Waals surface area contributed by atoms with Gasteiger partial charge in [-0.1, -0.05) is 200 Å². The second kappa shape index (κ2) is 28.4. The monoisotopic (exact) mass is 1500 g/mol. The van der Waals surface area contributed by atoms with Gasteiger partial charge in [0.15, 0.2) is 17.5 Å². The standard InChI is InChI=1S/C51H31N3S2.C50H30N4S2/c1-2-11-32(12-3-1)45-31-46(36-14-10-13-35(25-36)44-17-8-9-24-52-44)54-51(53-45)39-27-37(33-20-22-49-42(29-33)40-15-4-6-18-47(40)55-49)26-38(28-39)34-21-23-50-43(30-34)41-16-5-7-19-48(41)56-50;1-2-10-31(11-3-1)43-30-44(34-12-8-13-35(24-34)49-51-22-9-23-52-49)54-50(53-43)38-26-36(32-18-20-47-41(28-32)39-14-4-6-16-45(39)55-47)25-37(27-38)33-19-21-48-42(29-33)40-15-5-7-17-46(40)56-48/h1-31H;1-30H. The third-order valence-electron chi connectivity index (χ3n) is 20.9. The van der Waals surface area contributed by atoms with E-state index < -0.39 is 0 Å². The minimum atomic E-state index is 0.662. The summed E-state index contributed by atoms with van der Waals surface area (Å²) in [6.07, 6.45) is 5.38. The van der Waals surface area contributed by atoms with Crippen molar-refractivity contribution in [1.82, 2.24) is 34.9 Å². The molecule has 0 amide bonds. The van der Waals surface area contributed by atoms with E-state index in [1.807, 2.05) is 100 Å². The lowest BCUT2D eigenvalue weighted by atomic mass is 9.94. The Morgan fingerprint density at radius 2 is 0.429 bits per heavy atom. The van der Waals surface area contributed by atoms with Gasteiger partial charge in [-0.05, 0) is 196 Å². The molecule has 0 unspecified atom stereocenters. The molecule has 0 saturated carbocycles. The summed E-state index contributed by atoms with van der Waals surface area (Å²) in [5.74, 6) is 2.02. The predicted octanol–water partition coefficient (Wildman–Crippen LogP) is 28.6. The third kappa shape index (κ3) is 12.7. The number of hydrogen-bond donors (Lipinski definition) is 0. The maximum absolute atomic E-state index is 5.34. The fourth-order valence-electron chi connectivity index (χ4n) is 15.4. The predicted molar refractivity (Wildman–Crippen MR) is 474 cm³/mol. The van der Waals surface area contributed by atoms with Gasteiger partial charge in [0, 0.05) is 144 Å². The second-order valence-corrected chi connectivity index (χ2v) is 32.3. The SMILES string of the molecule is c1ccc(-c2cc(-c3cccc(-c4ccccn4)c3)nc(-c3cc(-c4ccc5sc6ccccc6c5c4)cc(-c4ccc5sc6ccccc6c5c4)c3)n2)cc1.c1ccc(-c2cc(-c3cccc(-c4ncccn4)c3)nc(-c3cc(-c4ccc5sc6ccccc6c5c4)cc(-c4ccc5sc6ccccc6c5c4)c3)n2)cc1. The minimum absolute atomic E-state index is 0.662. The van der Waals surface area contributed by atoms with Crippen molar-refractivity contribution in [3.05, 3.63) is 370 Å². The first-order chi connectivity index (χ1) is 55.4. The van der Waals surface area contributed by atoms with Crippen LogP contribution < -0.4 is 0 Å². The molecule has 8 aromatic heterocycles. The molecule has 0 aliphatic carbocycles. The van der Waals surface area contributed by atoms with Crippen molar-refractivity contribution in [3.8, 4) is 135 Å². The second-order valence-electron chi connectivity index (χ2n) is 27.9. The highest BCUT2D eigenvalue weighted by Gasteiger charge is 2.21. The van der Waals surface area contributed by atoms with E-state index in [4.69, 9.17) is 19.9 Å². The Kier molecular flexibility index (Phi) is 16.9. The van der Waals surface area contributed by atoms with Gasteiger partial charge in [-0.15, -0.1) is 45.3 Å². The quantitative estimate of drug-likeness (QED) is 0.120. The van der Waals surface area contributed by atoms with Crippen molar-refractivity contribution in [2.75, 3.05) is 0 Å². The molecule has 22 aromatic rings. The number of aromatic nitrogens is 7. The Balaban J connectivity index is 0.000000141. The molecule has 0 atom stereocenters. The highest BCUT2D eigenvalue weighted by Crippen LogP contribution is 2.45. The van der Waals surface area contributed by atoms with Crippen LogP contribution in [-0.2, 0) is 0 Å². The highest BCUT2D eigenvalue weighted by molar-refractivity contribution is 7.27. The van der Waals surface area contributed by atoms with Crippen molar-refractivity contribution in [1.29, 1.82) is 0 Å². The molecule has 0 aliphatic heterocycles. The fraction of sp³-hybridized carbons (Fsp3) is 0. The summed E-state index contributed by atoms with van der Waals surface area (Å²) in [5.41, 5.74) is 21.4. The largest absolute Gasteiger partial charge is 0.256 e. The molecule has 0 bridgehead atoms. The third-order valence-corrected chi connectivity index (χ3v) is 25.5. The van der Waals surface area contributed by atoms with Gasteiger partial charge in [-0.2, -0.15) is 0 Å². The van der Waals surface area contributed by atoms with Gasteiger partial charge in [-0.25, -0.2) is 29.9 Å². The first kappa shape index (κ1) is 66.5. The van der Waals surface area contributed by atoms with Crippen LogP contribution in [0.3, 0.4) is 0 Å². The fourth-order valence-corrected chi connectivity index (χ4v) is 19.7. The highest BCUT2D eigenvalue weighted by atomic mass is 32.1. The Hall–Kier alpha value is -13.7. The number of rotatable bonds is 12. The van der Waals surface area contributed by atoms with E-state index in [-0.39, 0.29) is 0 Å². The van der Waals surface area contributed by atoms with E-state index in [0.717, 1.165) is 117 Å². The van der Waals surface area contributed by atoms with Crippen molar-refractivity contribution >= 4 is 126 Å². The molecule has 14 aromatic carbocycles. The molecule has 0 fully saturated rings. The lowest BCUT2D eigenvalue weighted by Gasteiger charge is -2.14. The summed E-state index contributed by atoms with van der Waals surface area (Å²) in [6, 6.07) is 125. The molecule has 112 heavy (non-hydrogen) atoms. The Labute approximate surface area is 661 Å².